The van der Waals surface area contributed by atoms with Crippen LogP contribution in [0.4, 0.5) is 0 Å². The fourth-order valence-corrected chi connectivity index (χ4v) is 0. The van der Waals surface area contributed by atoms with Crippen LogP contribution in [0.25, 0.3) is 0 Å². The first-order valence-corrected chi connectivity index (χ1v) is 1.54. The van der Waals surface area contributed by atoms with Crippen LogP contribution >= 0.6 is 21.6 Å². The molecule has 0 radical (unpaired) electrons. The molecule has 1 unspecified atom stereocenters. The van der Waals surface area contributed by atoms with Gasteiger partial charge in [-0.15, -0.1) is 12.4 Å². The summed E-state index contributed by atoms with van der Waals surface area (Å²) in [6.45, 7) is 0. The Kier molecular flexibility index (Phi) is 4.43. The van der Waals surface area contributed by atoms with Gasteiger partial charge in [0.05, 0.1) is 0 Å². The molecule has 6 heavy (non-hydrogen) atoms. The Bertz CT molecular complexity index is 26.3. The van der Waals surface area contributed by atoms with E-state index in [1.807, 2.05) is 0 Å². The quantitative estimate of drug-likeness (QED) is 0.289. The van der Waals surface area contributed by atoms with Crippen LogP contribution in [0, 0.1) is 0 Å². The van der Waals surface area contributed by atoms with Gasteiger partial charge in [-0.1, -0.05) is 0 Å². The van der Waals surface area contributed by atoms with Crippen molar-refractivity contribution in [2.24, 2.45) is 0 Å². The normalized spacial score (nSPS) is 10.0. The number of hydrogen-bond acceptors (Lipinski definition) is 3. The maximum atomic E-state index is 7.59. The number of rotatable bonds is 0. The summed E-state index contributed by atoms with van der Waals surface area (Å²) in [5, 5.41) is 22.8. The third-order valence-electron chi connectivity index (χ3n) is 0. The molecule has 0 heterocycles. The minimum atomic E-state index is -2.58. The maximum Gasteiger partial charge on any atom is 0.287 e. The predicted octanol–water partition coefficient (Wildman–Crippen LogP) is -1.13. The lowest BCUT2D eigenvalue weighted by Crippen LogP contribution is -2.15. The lowest BCUT2D eigenvalue weighted by molar-refractivity contribution is -0.235. The summed E-state index contributed by atoms with van der Waals surface area (Å²) >= 11 is 0. The number of aliphatic hydroxyl groups is 3. The van der Waals surface area contributed by atoms with Crippen LogP contribution in [0.3, 0.4) is 0 Å². The third kappa shape index (κ3) is 166. The smallest absolute Gasteiger partial charge is 0.287 e. The summed E-state index contributed by atoms with van der Waals surface area (Å²) in [5.74, 6) is 0. The number of halogens is 1. The standard InChI is InChI=1S/CH5O3P.ClH/c2-1(3,4)5;/h2-4H,5H2;1H. The Morgan fingerprint density at radius 3 is 1.17 bits per heavy atom. The first kappa shape index (κ1) is 9.78. The minimum absolute atomic E-state index is 0. The van der Waals surface area contributed by atoms with Gasteiger partial charge in [-0.05, 0) is 9.24 Å². The second-order valence-electron chi connectivity index (χ2n) is 0.687. The predicted molar refractivity (Wildman–Crippen MR) is 26.3 cm³/mol. The van der Waals surface area contributed by atoms with Gasteiger partial charge in [-0.25, -0.2) is 0 Å². The summed E-state index contributed by atoms with van der Waals surface area (Å²) in [5.41, 5.74) is -2.58. The maximum absolute atomic E-state index is 7.59. The fraction of sp³-hybridized carbons (Fsp3) is 1.00. The molecule has 0 aliphatic carbocycles. The molecular weight excluding hydrogens is 126 g/mol. The zero-order valence-electron chi connectivity index (χ0n) is 2.83. The molecule has 0 aromatic rings. The molecular formula is CH6ClO3P. The molecule has 5 heteroatoms. The van der Waals surface area contributed by atoms with E-state index in [2.05, 4.69) is 0 Å². The van der Waals surface area contributed by atoms with Crippen molar-refractivity contribution in [3.63, 3.8) is 0 Å². The van der Waals surface area contributed by atoms with Crippen molar-refractivity contribution in [1.82, 2.24) is 0 Å². The lowest BCUT2D eigenvalue weighted by atomic mass is 11.3. The van der Waals surface area contributed by atoms with Gasteiger partial charge in [0.15, 0.2) is 0 Å². The summed E-state index contributed by atoms with van der Waals surface area (Å²) < 4.78 is 0. The van der Waals surface area contributed by atoms with Crippen molar-refractivity contribution in [2.45, 2.75) is 5.71 Å². The summed E-state index contributed by atoms with van der Waals surface area (Å²) in [6, 6.07) is 0. The van der Waals surface area contributed by atoms with Gasteiger partial charge >= 0.3 is 0 Å². The van der Waals surface area contributed by atoms with E-state index >= 15 is 0 Å². The Hall–Kier alpha value is 0.600. The monoisotopic (exact) mass is 132 g/mol. The van der Waals surface area contributed by atoms with Gasteiger partial charge in [-0.2, -0.15) is 0 Å². The Morgan fingerprint density at radius 2 is 1.17 bits per heavy atom. The highest BCUT2D eigenvalue weighted by Crippen LogP contribution is 1.99. The van der Waals surface area contributed by atoms with Crippen molar-refractivity contribution in [3.05, 3.63) is 0 Å². The molecule has 0 saturated carbocycles. The topological polar surface area (TPSA) is 60.7 Å². The molecule has 0 amide bonds. The molecule has 0 saturated heterocycles. The Labute approximate surface area is 43.6 Å². The van der Waals surface area contributed by atoms with Crippen molar-refractivity contribution < 1.29 is 15.3 Å². The van der Waals surface area contributed by atoms with Gasteiger partial charge in [-0.3, -0.25) is 0 Å². The average Bonchev–Trinajstić information content (AvgIpc) is 0.722. The lowest BCUT2D eigenvalue weighted by Gasteiger charge is -2.01. The van der Waals surface area contributed by atoms with Crippen LogP contribution < -0.4 is 0 Å². The van der Waals surface area contributed by atoms with Gasteiger partial charge in [0.25, 0.3) is 5.71 Å². The van der Waals surface area contributed by atoms with Crippen molar-refractivity contribution in [2.75, 3.05) is 0 Å². The second kappa shape index (κ2) is 2.72. The first-order valence-electron chi connectivity index (χ1n) is 0.959. The van der Waals surface area contributed by atoms with E-state index in [0.717, 1.165) is 0 Å². The molecule has 3 nitrogen and oxygen atoms in total. The van der Waals surface area contributed by atoms with E-state index in [1.165, 1.54) is 9.24 Å². The molecule has 0 rings (SSSR count). The zero-order chi connectivity index (χ0) is 4.50. The highest BCUT2D eigenvalue weighted by molar-refractivity contribution is 7.17. The van der Waals surface area contributed by atoms with Crippen LogP contribution in [-0.4, -0.2) is 21.0 Å². The van der Waals surface area contributed by atoms with E-state index in [4.69, 9.17) is 15.3 Å². The first-order chi connectivity index (χ1) is 2.00. The fourth-order valence-electron chi connectivity index (χ4n) is 0. The molecule has 0 aliphatic heterocycles. The molecule has 0 aliphatic rings. The third-order valence-corrected chi connectivity index (χ3v) is 0. The molecule has 0 fully saturated rings. The van der Waals surface area contributed by atoms with Gasteiger partial charge < -0.3 is 15.3 Å². The van der Waals surface area contributed by atoms with Crippen molar-refractivity contribution in [1.29, 1.82) is 0 Å². The van der Waals surface area contributed by atoms with E-state index in [1.54, 1.807) is 0 Å². The minimum Gasteiger partial charge on any atom is -0.341 e. The highest BCUT2D eigenvalue weighted by Gasteiger charge is 2.03. The van der Waals surface area contributed by atoms with E-state index in [9.17, 15) is 0 Å². The van der Waals surface area contributed by atoms with Gasteiger partial charge in [0.2, 0.25) is 0 Å². The van der Waals surface area contributed by atoms with Crippen LogP contribution in [0.15, 0.2) is 0 Å². The Balaban J connectivity index is 0. The average molecular weight is 132 g/mol. The molecule has 3 N–H and O–H groups in total. The van der Waals surface area contributed by atoms with Crippen molar-refractivity contribution >= 4 is 21.6 Å². The van der Waals surface area contributed by atoms with E-state index < -0.39 is 5.71 Å². The zero-order valence-corrected chi connectivity index (χ0v) is 4.80. The van der Waals surface area contributed by atoms with Gasteiger partial charge in [0.1, 0.15) is 0 Å². The van der Waals surface area contributed by atoms with Crippen LogP contribution in [0.1, 0.15) is 0 Å². The molecule has 0 aromatic carbocycles. The molecule has 1 atom stereocenters. The molecule has 0 spiro atoms. The van der Waals surface area contributed by atoms with E-state index in [0.29, 0.717) is 0 Å². The highest BCUT2D eigenvalue weighted by atomic mass is 35.5. The van der Waals surface area contributed by atoms with E-state index in [-0.39, 0.29) is 12.4 Å². The largest absolute Gasteiger partial charge is 0.341 e. The summed E-state index contributed by atoms with van der Waals surface area (Å²) in [4.78, 5) is 0. The van der Waals surface area contributed by atoms with Crippen LogP contribution in [0.2, 0.25) is 0 Å². The second-order valence-corrected chi connectivity index (χ2v) is 1.46. The SMILES string of the molecule is Cl.OC(O)(O)P. The van der Waals surface area contributed by atoms with Crippen LogP contribution in [0.5, 0.6) is 0 Å². The Morgan fingerprint density at radius 1 is 1.17 bits per heavy atom. The summed E-state index contributed by atoms with van der Waals surface area (Å²) in [6.07, 6.45) is 0. The van der Waals surface area contributed by atoms with Crippen LogP contribution in [-0.2, 0) is 0 Å². The molecule has 0 bridgehead atoms. The number of hydrogen-bond donors (Lipinski definition) is 3. The van der Waals surface area contributed by atoms with Gasteiger partial charge in [0, 0.05) is 0 Å². The molecule has 0 aromatic heterocycles. The van der Waals surface area contributed by atoms with Crippen molar-refractivity contribution in [3.8, 4) is 0 Å². The summed E-state index contributed by atoms with van der Waals surface area (Å²) in [7, 11) is 1.38. The molecule has 40 valence electrons.